The number of imide groups is 2. The van der Waals surface area contributed by atoms with Crippen molar-refractivity contribution in [3.63, 3.8) is 0 Å². The second kappa shape index (κ2) is 12.8. The Hall–Kier alpha value is -8.98. The molecule has 5 heterocycles. The Morgan fingerprint density at radius 3 is 1.11 bits per heavy atom. The number of esters is 4. The first-order valence-electron chi connectivity index (χ1n) is 18.5. The number of carbonyl (C=O) groups is 8. The molecule has 290 valence electrons. The highest BCUT2D eigenvalue weighted by molar-refractivity contribution is 6.37. The van der Waals surface area contributed by atoms with Gasteiger partial charge in [0.15, 0.2) is 0 Å². The monoisotopic (exact) mass is 804 g/mol. The summed E-state index contributed by atoms with van der Waals surface area (Å²) in [7, 11) is 0. The zero-order valence-electron chi connectivity index (χ0n) is 30.8. The summed E-state index contributed by atoms with van der Waals surface area (Å²) in [5, 5.41) is 8.34. The largest absolute Gasteiger partial charge is 0.416 e. The number of carbonyl (C=O) groups excluding carboxylic acids is 8. The summed E-state index contributed by atoms with van der Waals surface area (Å²) in [6.07, 6.45) is 0. The van der Waals surface area contributed by atoms with Gasteiger partial charge in [-0.25, -0.2) is 29.0 Å². The summed E-state index contributed by atoms with van der Waals surface area (Å²) in [4.78, 5) is 105. The van der Waals surface area contributed by atoms with Gasteiger partial charge >= 0.3 is 23.9 Å². The Bertz CT molecular complexity index is 3040. The van der Waals surface area contributed by atoms with Crippen LogP contribution in [-0.2, 0) is 9.47 Å². The Balaban J connectivity index is 0.818. The van der Waals surface area contributed by atoms with Crippen molar-refractivity contribution in [2.75, 3.05) is 9.80 Å². The zero-order chi connectivity index (χ0) is 41.8. The first-order chi connectivity index (χ1) is 29.5. The number of hydrogen-bond donors (Lipinski definition) is 0. The van der Waals surface area contributed by atoms with Crippen molar-refractivity contribution in [3.8, 4) is 45.2 Å². The van der Waals surface area contributed by atoms with E-state index in [1.807, 2.05) is 0 Å². The third-order valence-electron chi connectivity index (χ3n) is 10.9. The summed E-state index contributed by atoms with van der Waals surface area (Å²) in [6.45, 7) is 0. The van der Waals surface area contributed by atoms with Gasteiger partial charge in [0.1, 0.15) is 0 Å². The van der Waals surface area contributed by atoms with E-state index in [2.05, 4.69) is 10.2 Å². The van der Waals surface area contributed by atoms with E-state index in [1.54, 1.807) is 97.1 Å². The minimum atomic E-state index is -0.786. The van der Waals surface area contributed by atoms with Crippen LogP contribution in [0.2, 0.25) is 0 Å². The van der Waals surface area contributed by atoms with Crippen LogP contribution in [0.4, 0.5) is 11.4 Å². The average Bonchev–Trinajstić information content (AvgIpc) is 4.07. The smallest absolute Gasteiger partial charge is 0.346 e. The standard InChI is InChI=1S/C46H20N4O11/c51-39-31-5-1-3-27(23-11-17-29-33(19-23)45(57)60-43(29)55)35(31)41(53)49(39)25-13-7-21(8-14-25)37-47-48-38(59-37)22-9-15-26(16-10-22)50-40(52)32-6-2-4-28(36(32)42(50)54)24-12-18-30-34(20-24)46(58)61-44(30)56/h1-20H. The van der Waals surface area contributed by atoms with Gasteiger partial charge in [0.05, 0.1) is 55.9 Å². The van der Waals surface area contributed by atoms with Gasteiger partial charge in [0.2, 0.25) is 11.8 Å². The van der Waals surface area contributed by atoms with Crippen LogP contribution in [0.5, 0.6) is 0 Å². The molecule has 0 saturated heterocycles. The molecule has 0 bridgehead atoms. The molecule has 6 aromatic carbocycles. The number of cyclic esters (lactones) is 4. The van der Waals surface area contributed by atoms with Crippen molar-refractivity contribution in [1.82, 2.24) is 10.2 Å². The molecular formula is C46H20N4O11. The van der Waals surface area contributed by atoms with Gasteiger partial charge in [-0.1, -0.05) is 36.4 Å². The lowest BCUT2D eigenvalue weighted by Crippen LogP contribution is -2.29. The lowest BCUT2D eigenvalue weighted by atomic mass is 9.94. The van der Waals surface area contributed by atoms with Crippen molar-refractivity contribution < 1.29 is 52.2 Å². The first kappa shape index (κ1) is 35.2. The molecular weight excluding hydrogens is 785 g/mol. The molecule has 15 nitrogen and oxygen atoms in total. The van der Waals surface area contributed by atoms with Gasteiger partial charge in [0, 0.05) is 11.1 Å². The Morgan fingerprint density at radius 1 is 0.344 bits per heavy atom. The number of amides is 4. The zero-order valence-corrected chi connectivity index (χ0v) is 30.8. The minimum absolute atomic E-state index is 0.0767. The van der Waals surface area contributed by atoms with Crippen LogP contribution in [0.3, 0.4) is 0 Å². The lowest BCUT2D eigenvalue weighted by molar-refractivity contribution is 0.0425. The molecule has 11 rings (SSSR count). The molecule has 0 fully saturated rings. The van der Waals surface area contributed by atoms with Crippen molar-refractivity contribution in [3.05, 3.63) is 166 Å². The van der Waals surface area contributed by atoms with Crippen LogP contribution in [0.25, 0.3) is 45.2 Å². The number of aromatic nitrogens is 2. The van der Waals surface area contributed by atoms with Crippen LogP contribution < -0.4 is 9.80 Å². The number of benzene rings is 6. The van der Waals surface area contributed by atoms with Crippen LogP contribution in [0.1, 0.15) is 82.9 Å². The number of nitrogens with zero attached hydrogens (tertiary/aromatic N) is 4. The van der Waals surface area contributed by atoms with E-state index in [4.69, 9.17) is 13.9 Å². The minimum Gasteiger partial charge on any atom is -0.416 e. The summed E-state index contributed by atoms with van der Waals surface area (Å²) >= 11 is 0. The quantitative estimate of drug-likeness (QED) is 0.0950. The summed E-state index contributed by atoms with van der Waals surface area (Å²) < 4.78 is 15.4. The number of rotatable bonds is 6. The fraction of sp³-hybridized carbons (Fsp3) is 0. The third kappa shape index (κ3) is 5.17. The van der Waals surface area contributed by atoms with Crippen molar-refractivity contribution >= 4 is 58.9 Å². The molecule has 4 aliphatic rings. The molecule has 7 aromatic rings. The van der Waals surface area contributed by atoms with E-state index in [1.165, 1.54) is 24.3 Å². The molecule has 0 saturated carbocycles. The lowest BCUT2D eigenvalue weighted by Gasteiger charge is -2.14. The van der Waals surface area contributed by atoms with E-state index in [0.717, 1.165) is 9.80 Å². The molecule has 0 atom stereocenters. The van der Waals surface area contributed by atoms with Gasteiger partial charge in [-0.15, -0.1) is 10.2 Å². The molecule has 0 unspecified atom stereocenters. The van der Waals surface area contributed by atoms with Gasteiger partial charge in [-0.3, -0.25) is 19.2 Å². The van der Waals surface area contributed by atoms with E-state index >= 15 is 0 Å². The molecule has 1 aromatic heterocycles. The predicted molar refractivity (Wildman–Crippen MR) is 211 cm³/mol. The summed E-state index contributed by atoms with van der Waals surface area (Å²) in [5.74, 6) is -5.01. The number of hydrogen-bond acceptors (Lipinski definition) is 13. The fourth-order valence-corrected chi connectivity index (χ4v) is 7.99. The first-order valence-corrected chi connectivity index (χ1v) is 18.5. The van der Waals surface area contributed by atoms with Crippen LogP contribution in [0, 0.1) is 0 Å². The van der Waals surface area contributed by atoms with Crippen LogP contribution in [0.15, 0.2) is 126 Å². The number of ether oxygens (including phenoxy) is 2. The number of fused-ring (bicyclic) bond motifs is 4. The maximum absolute atomic E-state index is 13.8. The van der Waals surface area contributed by atoms with Gasteiger partial charge in [-0.05, 0) is 107 Å². The molecule has 0 radical (unpaired) electrons. The molecule has 15 heteroatoms. The second-order valence-corrected chi connectivity index (χ2v) is 14.2. The molecule has 0 spiro atoms. The predicted octanol–water partition coefficient (Wildman–Crippen LogP) is 6.96. The fourth-order valence-electron chi connectivity index (χ4n) is 7.99. The van der Waals surface area contributed by atoms with Gasteiger partial charge in [0.25, 0.3) is 23.6 Å². The van der Waals surface area contributed by atoms with E-state index in [-0.39, 0.29) is 67.7 Å². The van der Waals surface area contributed by atoms with E-state index in [9.17, 15) is 38.4 Å². The highest BCUT2D eigenvalue weighted by Gasteiger charge is 2.41. The second-order valence-electron chi connectivity index (χ2n) is 14.2. The van der Waals surface area contributed by atoms with Crippen molar-refractivity contribution in [2.45, 2.75) is 0 Å². The van der Waals surface area contributed by atoms with E-state index < -0.39 is 47.5 Å². The van der Waals surface area contributed by atoms with Crippen LogP contribution in [-0.4, -0.2) is 57.7 Å². The summed E-state index contributed by atoms with van der Waals surface area (Å²) in [6, 6.07) is 31.4. The van der Waals surface area contributed by atoms with Crippen LogP contribution >= 0.6 is 0 Å². The Labute approximate surface area is 341 Å². The molecule has 0 aliphatic carbocycles. The number of anilines is 2. The molecule has 61 heavy (non-hydrogen) atoms. The third-order valence-corrected chi connectivity index (χ3v) is 10.9. The molecule has 0 N–H and O–H groups in total. The highest BCUT2D eigenvalue weighted by atomic mass is 16.6. The van der Waals surface area contributed by atoms with Crippen molar-refractivity contribution in [1.29, 1.82) is 0 Å². The van der Waals surface area contributed by atoms with E-state index in [0.29, 0.717) is 33.4 Å². The van der Waals surface area contributed by atoms with Gasteiger partial charge in [-0.2, -0.15) is 0 Å². The maximum atomic E-state index is 13.8. The molecule has 4 amide bonds. The normalized spacial score (nSPS) is 15.0. The maximum Gasteiger partial charge on any atom is 0.346 e. The van der Waals surface area contributed by atoms with Crippen molar-refractivity contribution in [2.24, 2.45) is 0 Å². The topological polar surface area (TPSA) is 200 Å². The average molecular weight is 805 g/mol. The summed E-state index contributed by atoms with van der Waals surface area (Å²) in [5.41, 5.74) is 4.36. The molecule has 4 aliphatic heterocycles. The SMILES string of the molecule is O=C1OC(=O)c2cc(-c3cccc4c3C(=O)N(c3ccc(-c5nnc(-c6ccc(N7C(=O)c8cccc(-c9ccc%10c(c9)C(=O)OC%10=O)c8C7=O)cc6)o5)cc3)C4=O)ccc21. The van der Waals surface area contributed by atoms with Gasteiger partial charge < -0.3 is 13.9 Å². The highest BCUT2D eigenvalue weighted by Crippen LogP contribution is 2.39. The Morgan fingerprint density at radius 2 is 0.705 bits per heavy atom. The Kier molecular flexibility index (Phi) is 7.36.